The Balaban J connectivity index is 1.78. The fraction of sp³-hybridized carbons (Fsp3) is 0.812. The molecular weight excluding hydrogens is 266 g/mol. The van der Waals surface area contributed by atoms with E-state index >= 15 is 0 Å². The molecule has 5 heteroatoms. The average molecular weight is 291 g/mol. The number of rotatable bonds is 4. The van der Waals surface area contributed by atoms with Crippen LogP contribution in [0.1, 0.15) is 82.5 Å². The van der Waals surface area contributed by atoms with Crippen LogP contribution in [0.15, 0.2) is 4.52 Å². The minimum atomic E-state index is -0.0150. The maximum absolute atomic E-state index is 12.5. The van der Waals surface area contributed by atoms with Crippen LogP contribution in [-0.4, -0.2) is 27.5 Å². The van der Waals surface area contributed by atoms with Gasteiger partial charge in [0.05, 0.1) is 0 Å². The molecule has 1 aliphatic heterocycles. The lowest BCUT2D eigenvalue weighted by atomic mass is 10.1. The summed E-state index contributed by atoms with van der Waals surface area (Å²) in [7, 11) is 0. The zero-order chi connectivity index (χ0) is 14.8. The summed E-state index contributed by atoms with van der Waals surface area (Å²) in [4.78, 5) is 19.1. The monoisotopic (exact) mass is 291 g/mol. The van der Waals surface area contributed by atoms with Crippen LogP contribution in [0.4, 0.5) is 0 Å². The van der Waals surface area contributed by atoms with E-state index in [1.54, 1.807) is 0 Å². The van der Waals surface area contributed by atoms with E-state index in [-0.39, 0.29) is 11.9 Å². The number of carbonyl (C=O) groups is 1. The molecule has 1 aromatic heterocycles. The van der Waals surface area contributed by atoms with Crippen LogP contribution in [0.5, 0.6) is 0 Å². The fourth-order valence-corrected chi connectivity index (χ4v) is 3.02. The molecule has 1 aromatic rings. The number of nitrogens with zero attached hydrogens (tertiary/aromatic N) is 3. The van der Waals surface area contributed by atoms with Gasteiger partial charge in [0.2, 0.25) is 11.8 Å². The highest BCUT2D eigenvalue weighted by Crippen LogP contribution is 2.39. The zero-order valence-corrected chi connectivity index (χ0v) is 13.0. The molecule has 1 aliphatic carbocycles. The van der Waals surface area contributed by atoms with E-state index in [0.29, 0.717) is 24.1 Å². The Hall–Kier alpha value is -1.39. The van der Waals surface area contributed by atoms with Gasteiger partial charge in [0, 0.05) is 18.9 Å². The van der Waals surface area contributed by atoms with Gasteiger partial charge in [0.25, 0.3) is 0 Å². The van der Waals surface area contributed by atoms with Crippen molar-refractivity contribution in [3.63, 3.8) is 0 Å². The van der Waals surface area contributed by atoms with Gasteiger partial charge in [-0.05, 0) is 31.6 Å². The number of carbonyl (C=O) groups excluding carboxylic acids is 1. The van der Waals surface area contributed by atoms with Crippen molar-refractivity contribution in [2.45, 2.75) is 70.8 Å². The van der Waals surface area contributed by atoms with Crippen molar-refractivity contribution in [1.29, 1.82) is 0 Å². The van der Waals surface area contributed by atoms with E-state index in [0.717, 1.165) is 31.6 Å². The molecule has 0 bridgehead atoms. The summed E-state index contributed by atoms with van der Waals surface area (Å²) in [5.74, 6) is 2.59. The Labute approximate surface area is 126 Å². The van der Waals surface area contributed by atoms with Crippen molar-refractivity contribution >= 4 is 5.91 Å². The van der Waals surface area contributed by atoms with E-state index in [9.17, 15) is 4.79 Å². The summed E-state index contributed by atoms with van der Waals surface area (Å²) in [5.41, 5.74) is 0. The van der Waals surface area contributed by atoms with Gasteiger partial charge >= 0.3 is 0 Å². The SMILES string of the molecule is CC(C)CC(=O)N1CCCCCC1c1nc(C2CC2)no1. The summed E-state index contributed by atoms with van der Waals surface area (Å²) >= 11 is 0. The number of amides is 1. The van der Waals surface area contributed by atoms with Crippen LogP contribution in [0, 0.1) is 5.92 Å². The summed E-state index contributed by atoms with van der Waals surface area (Å²) in [6.45, 7) is 4.99. The molecule has 1 unspecified atom stereocenters. The quantitative estimate of drug-likeness (QED) is 0.852. The second-order valence-corrected chi connectivity index (χ2v) is 6.82. The first kappa shape index (κ1) is 14.5. The number of hydrogen-bond acceptors (Lipinski definition) is 4. The zero-order valence-electron chi connectivity index (χ0n) is 13.0. The first-order valence-corrected chi connectivity index (χ1v) is 8.28. The van der Waals surface area contributed by atoms with Gasteiger partial charge in [-0.1, -0.05) is 31.8 Å². The predicted octanol–water partition coefficient (Wildman–Crippen LogP) is 3.44. The van der Waals surface area contributed by atoms with Crippen LogP contribution in [0.25, 0.3) is 0 Å². The fourth-order valence-electron chi connectivity index (χ4n) is 3.02. The largest absolute Gasteiger partial charge is 0.337 e. The molecule has 0 spiro atoms. The smallest absolute Gasteiger partial charge is 0.249 e. The number of hydrogen-bond donors (Lipinski definition) is 0. The lowest BCUT2D eigenvalue weighted by molar-refractivity contribution is -0.135. The first-order valence-electron chi connectivity index (χ1n) is 8.28. The highest BCUT2D eigenvalue weighted by Gasteiger charge is 2.34. The van der Waals surface area contributed by atoms with Gasteiger partial charge in [-0.15, -0.1) is 0 Å². The molecule has 1 saturated heterocycles. The maximum Gasteiger partial charge on any atom is 0.249 e. The summed E-state index contributed by atoms with van der Waals surface area (Å²) in [6.07, 6.45) is 7.24. The molecule has 0 aromatic carbocycles. The van der Waals surface area contributed by atoms with Crippen LogP contribution >= 0.6 is 0 Å². The molecule has 1 amide bonds. The number of likely N-dealkylation sites (tertiary alicyclic amines) is 1. The minimum Gasteiger partial charge on any atom is -0.337 e. The lowest BCUT2D eigenvalue weighted by Crippen LogP contribution is -2.35. The molecule has 0 N–H and O–H groups in total. The van der Waals surface area contributed by atoms with Crippen molar-refractivity contribution in [1.82, 2.24) is 15.0 Å². The molecule has 2 heterocycles. The Bertz CT molecular complexity index is 493. The Morgan fingerprint density at radius 3 is 2.81 bits per heavy atom. The van der Waals surface area contributed by atoms with Gasteiger partial charge in [-0.25, -0.2) is 0 Å². The Morgan fingerprint density at radius 1 is 1.29 bits per heavy atom. The summed E-state index contributed by atoms with van der Waals surface area (Å²) < 4.78 is 5.49. The van der Waals surface area contributed by atoms with Crippen molar-refractivity contribution in [3.8, 4) is 0 Å². The standard InChI is InChI=1S/C16H25N3O2/c1-11(2)10-14(20)19-9-5-3-4-6-13(19)16-17-15(18-21-16)12-7-8-12/h11-13H,3-10H2,1-2H3. The van der Waals surface area contributed by atoms with E-state index < -0.39 is 0 Å². The second-order valence-electron chi connectivity index (χ2n) is 6.82. The topological polar surface area (TPSA) is 59.2 Å². The number of aromatic nitrogens is 2. The van der Waals surface area contributed by atoms with Crippen LogP contribution in [-0.2, 0) is 4.79 Å². The summed E-state index contributed by atoms with van der Waals surface area (Å²) in [6, 6.07) is -0.0150. The van der Waals surface area contributed by atoms with Gasteiger partial charge in [0.15, 0.2) is 5.82 Å². The van der Waals surface area contributed by atoms with E-state index in [1.165, 1.54) is 19.3 Å². The molecule has 0 radical (unpaired) electrons. The molecule has 3 rings (SSSR count). The molecule has 5 nitrogen and oxygen atoms in total. The van der Waals surface area contributed by atoms with Gasteiger partial charge in [-0.2, -0.15) is 4.98 Å². The van der Waals surface area contributed by atoms with Crippen molar-refractivity contribution < 1.29 is 9.32 Å². The Kier molecular flexibility index (Phi) is 4.27. The highest BCUT2D eigenvalue weighted by molar-refractivity contribution is 5.76. The van der Waals surface area contributed by atoms with Crippen LogP contribution < -0.4 is 0 Å². The van der Waals surface area contributed by atoms with E-state index in [4.69, 9.17) is 4.52 Å². The van der Waals surface area contributed by atoms with Crippen LogP contribution in [0.2, 0.25) is 0 Å². The molecule has 116 valence electrons. The van der Waals surface area contributed by atoms with Gasteiger partial charge in [0.1, 0.15) is 6.04 Å². The van der Waals surface area contributed by atoms with E-state index in [1.807, 2.05) is 4.90 Å². The van der Waals surface area contributed by atoms with Crippen molar-refractivity contribution in [2.24, 2.45) is 5.92 Å². The molecule has 1 saturated carbocycles. The predicted molar refractivity (Wildman–Crippen MR) is 78.7 cm³/mol. The molecule has 1 atom stereocenters. The van der Waals surface area contributed by atoms with Crippen LogP contribution in [0.3, 0.4) is 0 Å². The molecular formula is C16H25N3O2. The van der Waals surface area contributed by atoms with Gasteiger partial charge in [-0.3, -0.25) is 4.79 Å². The Morgan fingerprint density at radius 2 is 2.10 bits per heavy atom. The summed E-state index contributed by atoms with van der Waals surface area (Å²) in [5, 5.41) is 4.11. The van der Waals surface area contributed by atoms with Gasteiger partial charge < -0.3 is 9.42 Å². The normalized spacial score (nSPS) is 23.4. The highest BCUT2D eigenvalue weighted by atomic mass is 16.5. The van der Waals surface area contributed by atoms with Crippen molar-refractivity contribution in [3.05, 3.63) is 11.7 Å². The third kappa shape index (κ3) is 3.44. The minimum absolute atomic E-state index is 0.0150. The maximum atomic E-state index is 12.5. The third-order valence-corrected chi connectivity index (χ3v) is 4.34. The third-order valence-electron chi connectivity index (χ3n) is 4.34. The molecule has 2 aliphatic rings. The average Bonchev–Trinajstić information content (AvgIpc) is 3.21. The molecule has 21 heavy (non-hydrogen) atoms. The second kappa shape index (κ2) is 6.16. The van der Waals surface area contributed by atoms with E-state index in [2.05, 4.69) is 24.0 Å². The first-order chi connectivity index (χ1) is 10.1. The van der Waals surface area contributed by atoms with Crippen molar-refractivity contribution in [2.75, 3.05) is 6.54 Å². The molecule has 2 fully saturated rings. The lowest BCUT2D eigenvalue weighted by Gasteiger charge is -2.28.